The molecule has 2 N–H and O–H groups in total. The van der Waals surface area contributed by atoms with Crippen LogP contribution >= 0.6 is 12.0 Å². The minimum absolute atomic E-state index is 0.143. The van der Waals surface area contributed by atoms with E-state index in [4.69, 9.17) is 9.66 Å². The Morgan fingerprint density at radius 1 is 1.31 bits per heavy atom. The monoisotopic (exact) mass is 242 g/mol. The van der Waals surface area contributed by atoms with E-state index in [2.05, 4.69) is 26.0 Å². The molecule has 1 aromatic rings. The average Bonchev–Trinajstić information content (AvgIpc) is 2.38. The smallest absolute Gasteiger partial charge is 0.0681 e. The highest BCUT2D eigenvalue weighted by Crippen LogP contribution is 2.19. The summed E-state index contributed by atoms with van der Waals surface area (Å²) in [4.78, 5) is 0. The van der Waals surface area contributed by atoms with Crippen LogP contribution in [0.4, 0.5) is 0 Å². The maximum absolute atomic E-state index is 8.92. The zero-order valence-corrected chi connectivity index (χ0v) is 11.1. The second kappa shape index (κ2) is 9.70. The molecule has 0 aliphatic rings. The molecular formula is C13H22O2S. The number of hydrogen-bond donors (Lipinski definition) is 2. The first kappa shape index (κ1) is 15.5. The van der Waals surface area contributed by atoms with E-state index in [1.807, 2.05) is 19.1 Å². The second-order valence-corrected chi connectivity index (χ2v) is 4.47. The normalized spacial score (nSPS) is 11.6. The lowest BCUT2D eigenvalue weighted by Gasteiger charge is -2.09. The number of aliphatic hydroxyl groups excluding tert-OH is 1. The van der Waals surface area contributed by atoms with Crippen molar-refractivity contribution in [1.82, 2.24) is 0 Å². The molecule has 1 aromatic carbocycles. The quantitative estimate of drug-likeness (QED) is 0.787. The van der Waals surface area contributed by atoms with Crippen molar-refractivity contribution in [1.29, 1.82) is 0 Å². The van der Waals surface area contributed by atoms with Crippen molar-refractivity contribution in [2.24, 2.45) is 0 Å². The maximum Gasteiger partial charge on any atom is 0.0681 e. The Bertz CT molecular complexity index is 274. The summed E-state index contributed by atoms with van der Waals surface area (Å²) < 4.78 is 7.79. The van der Waals surface area contributed by atoms with E-state index in [0.29, 0.717) is 5.92 Å². The summed E-state index contributed by atoms with van der Waals surface area (Å²) in [5.41, 5.74) is 2.33. The van der Waals surface area contributed by atoms with Crippen molar-refractivity contribution in [3.63, 3.8) is 0 Å². The predicted octanol–water partition coefficient (Wildman–Crippen LogP) is 3.90. The largest absolute Gasteiger partial charge is 0.392 e. The van der Waals surface area contributed by atoms with Crippen LogP contribution in [0.3, 0.4) is 0 Å². The lowest BCUT2D eigenvalue weighted by atomic mass is 9.97. The van der Waals surface area contributed by atoms with E-state index < -0.39 is 0 Å². The van der Waals surface area contributed by atoms with Gasteiger partial charge in [-0.2, -0.15) is 0 Å². The Kier molecular flexibility index (Phi) is 9.39. The zero-order valence-electron chi connectivity index (χ0n) is 10.3. The third-order valence-corrected chi connectivity index (χ3v) is 2.70. The number of rotatable bonds is 4. The minimum Gasteiger partial charge on any atom is -0.392 e. The van der Waals surface area contributed by atoms with E-state index in [1.54, 1.807) is 0 Å². The highest BCUT2D eigenvalue weighted by Gasteiger charge is 2.02. The van der Waals surface area contributed by atoms with E-state index >= 15 is 0 Å². The fraction of sp³-hybridized carbons (Fsp3) is 0.538. The molecule has 1 rings (SSSR count). The summed E-state index contributed by atoms with van der Waals surface area (Å²) in [5.74, 6) is 1.39. The number of hydrogen-bond acceptors (Lipinski definition) is 3. The first-order valence-corrected chi connectivity index (χ1v) is 6.59. The molecule has 3 heteroatoms. The summed E-state index contributed by atoms with van der Waals surface area (Å²) in [6.45, 7) is 6.42. The molecule has 0 saturated heterocycles. The van der Waals surface area contributed by atoms with Gasteiger partial charge in [-0.05, 0) is 35.5 Å². The average molecular weight is 242 g/mol. The van der Waals surface area contributed by atoms with Gasteiger partial charge in [-0.25, -0.2) is 0 Å². The van der Waals surface area contributed by atoms with Crippen molar-refractivity contribution in [2.45, 2.75) is 39.7 Å². The lowest BCUT2D eigenvalue weighted by molar-refractivity contribution is 0.281. The third-order valence-electron chi connectivity index (χ3n) is 2.44. The van der Waals surface area contributed by atoms with E-state index in [0.717, 1.165) is 29.8 Å². The molecule has 16 heavy (non-hydrogen) atoms. The van der Waals surface area contributed by atoms with Gasteiger partial charge in [-0.3, -0.25) is 0 Å². The van der Waals surface area contributed by atoms with Crippen molar-refractivity contribution in [2.75, 3.05) is 5.75 Å². The van der Waals surface area contributed by atoms with Crippen LogP contribution in [0.25, 0.3) is 0 Å². The van der Waals surface area contributed by atoms with Crippen LogP contribution in [-0.2, 0) is 6.61 Å². The van der Waals surface area contributed by atoms with Gasteiger partial charge in [0, 0.05) is 5.75 Å². The highest BCUT2D eigenvalue weighted by atomic mass is 32.2. The Labute approximate surface area is 103 Å². The zero-order chi connectivity index (χ0) is 12.4. The second-order valence-electron chi connectivity index (χ2n) is 3.63. The first-order valence-electron chi connectivity index (χ1n) is 5.65. The Morgan fingerprint density at radius 2 is 1.94 bits per heavy atom. The standard InChI is InChI=1S/C11H16O.C2H6OS/c1-3-9(2)11-6-4-5-10(7-11)8-12;1-2-4-3/h4-7,9,12H,3,8H2,1-2H3;3H,2H2,1H3. The highest BCUT2D eigenvalue weighted by molar-refractivity contribution is 7.93. The Balaban J connectivity index is 0.000000487. The third kappa shape index (κ3) is 6.16. The Morgan fingerprint density at radius 3 is 2.38 bits per heavy atom. The number of benzene rings is 1. The van der Waals surface area contributed by atoms with Gasteiger partial charge in [0.25, 0.3) is 0 Å². The minimum atomic E-state index is 0.143. The van der Waals surface area contributed by atoms with Crippen LogP contribution in [0.1, 0.15) is 44.2 Å². The van der Waals surface area contributed by atoms with Gasteiger partial charge >= 0.3 is 0 Å². The SMILES string of the molecule is CCC(C)c1cccc(CO)c1.CCSO. The van der Waals surface area contributed by atoms with Crippen molar-refractivity contribution < 1.29 is 9.66 Å². The molecule has 0 radical (unpaired) electrons. The van der Waals surface area contributed by atoms with Crippen molar-refractivity contribution >= 4 is 12.0 Å². The topological polar surface area (TPSA) is 40.5 Å². The molecule has 1 atom stereocenters. The molecule has 1 unspecified atom stereocenters. The molecule has 92 valence electrons. The number of aliphatic hydroxyl groups is 1. The molecule has 0 saturated carbocycles. The molecule has 0 fully saturated rings. The fourth-order valence-corrected chi connectivity index (χ4v) is 1.23. The summed E-state index contributed by atoms with van der Waals surface area (Å²) in [6, 6.07) is 8.15. The van der Waals surface area contributed by atoms with Crippen LogP contribution in [0.5, 0.6) is 0 Å². The van der Waals surface area contributed by atoms with Gasteiger partial charge in [0.1, 0.15) is 0 Å². The van der Waals surface area contributed by atoms with Gasteiger partial charge in [0.05, 0.1) is 6.61 Å². The van der Waals surface area contributed by atoms with Crippen molar-refractivity contribution in [3.05, 3.63) is 35.4 Å². The van der Waals surface area contributed by atoms with Gasteiger partial charge < -0.3 is 9.66 Å². The maximum atomic E-state index is 8.92. The fourth-order valence-electron chi connectivity index (χ4n) is 1.23. The molecule has 0 aliphatic carbocycles. The lowest BCUT2D eigenvalue weighted by Crippen LogP contribution is -1.92. The summed E-state index contributed by atoms with van der Waals surface area (Å²) in [6.07, 6.45) is 1.15. The summed E-state index contributed by atoms with van der Waals surface area (Å²) >= 11 is 0.856. The molecule has 0 aliphatic heterocycles. The first-order chi connectivity index (χ1) is 7.69. The molecular weight excluding hydrogens is 220 g/mol. The molecule has 0 aromatic heterocycles. The van der Waals surface area contributed by atoms with Gasteiger partial charge in [-0.1, -0.05) is 45.0 Å². The molecule has 0 heterocycles. The van der Waals surface area contributed by atoms with E-state index in [9.17, 15) is 0 Å². The van der Waals surface area contributed by atoms with Crippen LogP contribution in [0.2, 0.25) is 0 Å². The summed E-state index contributed by atoms with van der Waals surface area (Å²) in [7, 11) is 0. The van der Waals surface area contributed by atoms with Crippen molar-refractivity contribution in [3.8, 4) is 0 Å². The Hall–Kier alpha value is -0.510. The molecule has 0 spiro atoms. The van der Waals surface area contributed by atoms with E-state index in [1.165, 1.54) is 5.56 Å². The van der Waals surface area contributed by atoms with Gasteiger partial charge in [0.2, 0.25) is 0 Å². The van der Waals surface area contributed by atoms with Gasteiger partial charge in [0.15, 0.2) is 0 Å². The molecule has 0 bridgehead atoms. The van der Waals surface area contributed by atoms with E-state index in [-0.39, 0.29) is 6.61 Å². The van der Waals surface area contributed by atoms with Crippen LogP contribution in [0, 0.1) is 0 Å². The molecule has 0 amide bonds. The van der Waals surface area contributed by atoms with Crippen LogP contribution < -0.4 is 0 Å². The van der Waals surface area contributed by atoms with Gasteiger partial charge in [-0.15, -0.1) is 0 Å². The van der Waals surface area contributed by atoms with Crippen LogP contribution in [0.15, 0.2) is 24.3 Å². The molecule has 2 nitrogen and oxygen atoms in total. The summed E-state index contributed by atoms with van der Waals surface area (Å²) in [5, 5.41) is 8.92. The van der Waals surface area contributed by atoms with Crippen LogP contribution in [-0.4, -0.2) is 15.4 Å². The predicted molar refractivity (Wildman–Crippen MR) is 71.8 cm³/mol.